The van der Waals surface area contributed by atoms with Crippen LogP contribution in [0.1, 0.15) is 37.3 Å². The molecule has 1 saturated heterocycles. The van der Waals surface area contributed by atoms with Crippen LogP contribution in [0.2, 0.25) is 0 Å². The van der Waals surface area contributed by atoms with Crippen molar-refractivity contribution in [3.8, 4) is 11.5 Å². The molecule has 114 valence electrons. The molecule has 0 aromatic heterocycles. The molecule has 3 unspecified atom stereocenters. The third kappa shape index (κ3) is 2.58. The molecule has 1 aromatic rings. The highest BCUT2D eigenvalue weighted by Crippen LogP contribution is 2.41. The zero-order valence-electron chi connectivity index (χ0n) is 12.4. The lowest BCUT2D eigenvalue weighted by Crippen LogP contribution is -2.34. The van der Waals surface area contributed by atoms with E-state index in [2.05, 4.69) is 5.32 Å². The summed E-state index contributed by atoms with van der Waals surface area (Å²) in [5, 5.41) is 12.4. The van der Waals surface area contributed by atoms with Gasteiger partial charge in [0.2, 0.25) is 0 Å². The SMILES string of the molecule is CCOc1cc2c(cc1C1CCNC1C(=O)O)OC(C)C2. The zero-order valence-corrected chi connectivity index (χ0v) is 12.4. The number of hydrogen-bond acceptors (Lipinski definition) is 4. The molecule has 0 radical (unpaired) electrons. The van der Waals surface area contributed by atoms with Gasteiger partial charge in [-0.05, 0) is 38.9 Å². The van der Waals surface area contributed by atoms with Crippen LogP contribution in [0.15, 0.2) is 12.1 Å². The Morgan fingerprint density at radius 1 is 1.52 bits per heavy atom. The second kappa shape index (κ2) is 5.56. The fourth-order valence-electron chi connectivity index (χ4n) is 3.32. The van der Waals surface area contributed by atoms with Gasteiger partial charge in [0.15, 0.2) is 0 Å². The van der Waals surface area contributed by atoms with Crippen LogP contribution in [-0.4, -0.2) is 36.4 Å². The van der Waals surface area contributed by atoms with Gasteiger partial charge in [0.05, 0.1) is 6.61 Å². The maximum atomic E-state index is 11.4. The average Bonchev–Trinajstić information content (AvgIpc) is 3.02. The van der Waals surface area contributed by atoms with E-state index in [4.69, 9.17) is 9.47 Å². The predicted molar refractivity (Wildman–Crippen MR) is 78.2 cm³/mol. The summed E-state index contributed by atoms with van der Waals surface area (Å²) < 4.78 is 11.6. The van der Waals surface area contributed by atoms with Gasteiger partial charge >= 0.3 is 5.97 Å². The summed E-state index contributed by atoms with van der Waals surface area (Å²) in [6.07, 6.45) is 1.84. The van der Waals surface area contributed by atoms with E-state index in [0.29, 0.717) is 13.2 Å². The molecule has 0 amide bonds. The number of ether oxygens (including phenoxy) is 2. The van der Waals surface area contributed by atoms with Crippen LogP contribution in [-0.2, 0) is 11.2 Å². The predicted octanol–water partition coefficient (Wildman–Crippen LogP) is 1.94. The first-order chi connectivity index (χ1) is 10.1. The zero-order chi connectivity index (χ0) is 15.0. The van der Waals surface area contributed by atoms with E-state index in [1.807, 2.05) is 26.0 Å². The molecule has 2 heterocycles. The summed E-state index contributed by atoms with van der Waals surface area (Å²) >= 11 is 0. The number of rotatable bonds is 4. The van der Waals surface area contributed by atoms with Crippen LogP contribution >= 0.6 is 0 Å². The first kappa shape index (κ1) is 14.2. The van der Waals surface area contributed by atoms with E-state index in [-0.39, 0.29) is 12.0 Å². The molecule has 1 fully saturated rings. The third-order valence-electron chi connectivity index (χ3n) is 4.22. The summed E-state index contributed by atoms with van der Waals surface area (Å²) in [6.45, 7) is 5.26. The Hall–Kier alpha value is -1.75. The second-order valence-corrected chi connectivity index (χ2v) is 5.73. The van der Waals surface area contributed by atoms with Gasteiger partial charge in [0.25, 0.3) is 0 Å². The van der Waals surface area contributed by atoms with Gasteiger partial charge in [-0.15, -0.1) is 0 Å². The molecule has 3 atom stereocenters. The largest absolute Gasteiger partial charge is 0.494 e. The summed E-state index contributed by atoms with van der Waals surface area (Å²) in [6, 6.07) is 3.45. The minimum atomic E-state index is -0.810. The van der Waals surface area contributed by atoms with Crippen molar-refractivity contribution in [2.45, 2.75) is 44.8 Å². The average molecular weight is 291 g/mol. The quantitative estimate of drug-likeness (QED) is 0.887. The lowest BCUT2D eigenvalue weighted by molar-refractivity contribution is -0.139. The first-order valence-corrected chi connectivity index (χ1v) is 7.52. The molecule has 5 heteroatoms. The number of hydrogen-bond donors (Lipinski definition) is 2. The van der Waals surface area contributed by atoms with Gasteiger partial charge in [-0.3, -0.25) is 4.79 Å². The Bertz CT molecular complexity index is 557. The molecular weight excluding hydrogens is 270 g/mol. The van der Waals surface area contributed by atoms with Crippen LogP contribution < -0.4 is 14.8 Å². The Kier molecular flexibility index (Phi) is 3.76. The van der Waals surface area contributed by atoms with Crippen molar-refractivity contribution in [3.05, 3.63) is 23.3 Å². The maximum Gasteiger partial charge on any atom is 0.321 e. The molecule has 2 aliphatic rings. The summed E-state index contributed by atoms with van der Waals surface area (Å²) in [5.41, 5.74) is 2.09. The molecule has 1 aromatic carbocycles. The van der Waals surface area contributed by atoms with Gasteiger partial charge in [-0.2, -0.15) is 0 Å². The van der Waals surface area contributed by atoms with Crippen molar-refractivity contribution in [2.75, 3.05) is 13.2 Å². The fourth-order valence-corrected chi connectivity index (χ4v) is 3.32. The summed E-state index contributed by atoms with van der Waals surface area (Å²) in [4.78, 5) is 11.4. The topological polar surface area (TPSA) is 67.8 Å². The molecule has 0 saturated carbocycles. The smallest absolute Gasteiger partial charge is 0.321 e. The molecule has 3 rings (SSSR count). The molecule has 0 aliphatic carbocycles. The standard InChI is InChI=1S/C16H21NO4/c1-3-20-14-7-10-6-9(2)21-13(10)8-12(14)11-4-5-17-15(11)16(18)19/h7-9,11,15,17H,3-6H2,1-2H3,(H,18,19). The van der Waals surface area contributed by atoms with E-state index < -0.39 is 12.0 Å². The number of aliphatic carboxylic acids is 1. The number of carboxylic acids is 1. The summed E-state index contributed by atoms with van der Waals surface area (Å²) in [7, 11) is 0. The number of carbonyl (C=O) groups is 1. The Labute approximate surface area is 124 Å². The Morgan fingerprint density at radius 2 is 2.33 bits per heavy atom. The second-order valence-electron chi connectivity index (χ2n) is 5.73. The number of benzene rings is 1. The highest BCUT2D eigenvalue weighted by atomic mass is 16.5. The fraction of sp³-hybridized carbons (Fsp3) is 0.562. The Morgan fingerprint density at radius 3 is 3.05 bits per heavy atom. The molecular formula is C16H21NO4. The van der Waals surface area contributed by atoms with E-state index in [1.165, 1.54) is 0 Å². The van der Waals surface area contributed by atoms with E-state index in [0.717, 1.165) is 35.5 Å². The highest BCUT2D eigenvalue weighted by Gasteiger charge is 2.36. The first-order valence-electron chi connectivity index (χ1n) is 7.52. The van der Waals surface area contributed by atoms with Crippen molar-refractivity contribution < 1.29 is 19.4 Å². The normalized spacial score (nSPS) is 27.2. The molecule has 2 aliphatic heterocycles. The van der Waals surface area contributed by atoms with Gasteiger partial charge in [0.1, 0.15) is 23.6 Å². The van der Waals surface area contributed by atoms with Crippen LogP contribution in [0, 0.1) is 0 Å². The van der Waals surface area contributed by atoms with Crippen molar-refractivity contribution in [1.29, 1.82) is 0 Å². The van der Waals surface area contributed by atoms with Gasteiger partial charge < -0.3 is 19.9 Å². The highest BCUT2D eigenvalue weighted by molar-refractivity contribution is 5.76. The number of fused-ring (bicyclic) bond motifs is 1. The van der Waals surface area contributed by atoms with Crippen LogP contribution in [0.4, 0.5) is 0 Å². The molecule has 2 N–H and O–H groups in total. The van der Waals surface area contributed by atoms with Crippen molar-refractivity contribution in [1.82, 2.24) is 5.32 Å². The molecule has 0 spiro atoms. The maximum absolute atomic E-state index is 11.4. The molecule has 5 nitrogen and oxygen atoms in total. The van der Waals surface area contributed by atoms with E-state index in [1.54, 1.807) is 0 Å². The summed E-state index contributed by atoms with van der Waals surface area (Å²) in [5.74, 6) is 0.787. The van der Waals surface area contributed by atoms with Crippen molar-refractivity contribution >= 4 is 5.97 Å². The lowest BCUT2D eigenvalue weighted by atomic mass is 9.90. The number of nitrogens with one attached hydrogen (secondary N) is 1. The van der Waals surface area contributed by atoms with Crippen LogP contribution in [0.3, 0.4) is 0 Å². The van der Waals surface area contributed by atoms with Gasteiger partial charge in [-0.1, -0.05) is 0 Å². The Balaban J connectivity index is 2.00. The van der Waals surface area contributed by atoms with E-state index in [9.17, 15) is 9.90 Å². The lowest BCUT2D eigenvalue weighted by Gasteiger charge is -2.20. The van der Waals surface area contributed by atoms with Crippen molar-refractivity contribution in [3.63, 3.8) is 0 Å². The molecule has 21 heavy (non-hydrogen) atoms. The minimum Gasteiger partial charge on any atom is -0.494 e. The monoisotopic (exact) mass is 291 g/mol. The minimum absolute atomic E-state index is 0.0751. The number of carboxylic acid groups (broad SMARTS) is 1. The molecule has 0 bridgehead atoms. The van der Waals surface area contributed by atoms with Gasteiger partial charge in [-0.25, -0.2) is 0 Å². The van der Waals surface area contributed by atoms with E-state index >= 15 is 0 Å². The van der Waals surface area contributed by atoms with Crippen LogP contribution in [0.5, 0.6) is 11.5 Å². The van der Waals surface area contributed by atoms with Crippen LogP contribution in [0.25, 0.3) is 0 Å². The third-order valence-corrected chi connectivity index (χ3v) is 4.22. The van der Waals surface area contributed by atoms with Gasteiger partial charge in [0, 0.05) is 23.5 Å². The van der Waals surface area contributed by atoms with Crippen molar-refractivity contribution in [2.24, 2.45) is 0 Å².